The molecule has 0 saturated carbocycles. The maximum absolute atomic E-state index is 11.7. The number of carbonyl (C=O) groups is 1. The average molecular weight is 204 g/mol. The zero-order valence-electron chi connectivity index (χ0n) is 8.39. The molecule has 0 radical (unpaired) electrons. The van der Waals surface area contributed by atoms with E-state index in [0.717, 1.165) is 25.9 Å². The van der Waals surface area contributed by atoms with E-state index in [0.29, 0.717) is 5.82 Å². The van der Waals surface area contributed by atoms with E-state index < -0.39 is 0 Å². The minimum Gasteiger partial charge on any atom is -0.341 e. The first-order chi connectivity index (χ1) is 7.31. The van der Waals surface area contributed by atoms with Crippen molar-refractivity contribution in [2.24, 2.45) is 0 Å². The lowest BCUT2D eigenvalue weighted by atomic mass is 10.4. The molecule has 0 N–H and O–H groups in total. The van der Waals surface area contributed by atoms with E-state index in [4.69, 9.17) is 5.26 Å². The Balaban J connectivity index is 2.02. The van der Waals surface area contributed by atoms with E-state index in [-0.39, 0.29) is 12.5 Å². The largest absolute Gasteiger partial charge is 0.341 e. The molecule has 5 heteroatoms. The van der Waals surface area contributed by atoms with Crippen LogP contribution < -0.4 is 0 Å². The summed E-state index contributed by atoms with van der Waals surface area (Å²) in [5, 5.41) is 8.73. The van der Waals surface area contributed by atoms with Crippen LogP contribution in [-0.2, 0) is 11.3 Å². The number of nitrogens with zero attached hydrogens (tertiary/aromatic N) is 4. The Labute approximate surface area is 87.9 Å². The first-order valence-electron chi connectivity index (χ1n) is 5.00. The van der Waals surface area contributed by atoms with Gasteiger partial charge in [0.15, 0.2) is 0 Å². The van der Waals surface area contributed by atoms with Gasteiger partial charge in [0.25, 0.3) is 0 Å². The average Bonchev–Trinajstić information content (AvgIpc) is 2.87. The van der Waals surface area contributed by atoms with Gasteiger partial charge in [-0.05, 0) is 12.8 Å². The normalized spacial score (nSPS) is 15.3. The van der Waals surface area contributed by atoms with Gasteiger partial charge in [0.05, 0.1) is 0 Å². The summed E-state index contributed by atoms with van der Waals surface area (Å²) in [5.74, 6) is 0.365. The standard InChI is InChI=1S/C10H12N4O/c11-7-9-12-3-6-14(9)8-10(15)13-4-1-2-5-13/h3,6H,1-2,4-5,8H2. The molecule has 0 bridgehead atoms. The monoisotopic (exact) mass is 204 g/mol. The van der Waals surface area contributed by atoms with Crippen LogP contribution in [0.4, 0.5) is 0 Å². The second-order valence-corrected chi connectivity index (χ2v) is 3.58. The van der Waals surface area contributed by atoms with Crippen molar-refractivity contribution in [2.45, 2.75) is 19.4 Å². The molecule has 2 heterocycles. The fraction of sp³-hybridized carbons (Fsp3) is 0.500. The molecular formula is C10H12N4O. The third-order valence-electron chi connectivity index (χ3n) is 2.58. The number of hydrogen-bond acceptors (Lipinski definition) is 3. The van der Waals surface area contributed by atoms with Crippen LogP contribution in [0.3, 0.4) is 0 Å². The third-order valence-corrected chi connectivity index (χ3v) is 2.58. The smallest absolute Gasteiger partial charge is 0.242 e. The highest BCUT2D eigenvalue weighted by atomic mass is 16.2. The number of aromatic nitrogens is 2. The molecule has 1 amide bonds. The fourth-order valence-electron chi connectivity index (χ4n) is 1.76. The Hall–Kier alpha value is -1.83. The van der Waals surface area contributed by atoms with Crippen LogP contribution in [0.5, 0.6) is 0 Å². The summed E-state index contributed by atoms with van der Waals surface area (Å²) in [4.78, 5) is 17.4. The van der Waals surface area contributed by atoms with E-state index in [9.17, 15) is 4.79 Å². The molecule has 0 aliphatic carbocycles. The Bertz CT molecular complexity index is 398. The molecule has 1 aromatic heterocycles. The van der Waals surface area contributed by atoms with Crippen molar-refractivity contribution in [1.82, 2.24) is 14.5 Å². The van der Waals surface area contributed by atoms with Gasteiger partial charge in [0, 0.05) is 25.5 Å². The van der Waals surface area contributed by atoms with Crippen molar-refractivity contribution in [3.63, 3.8) is 0 Å². The second kappa shape index (κ2) is 4.13. The molecule has 15 heavy (non-hydrogen) atoms. The number of likely N-dealkylation sites (tertiary alicyclic amines) is 1. The maximum atomic E-state index is 11.7. The third kappa shape index (κ3) is 1.99. The molecule has 5 nitrogen and oxygen atoms in total. The molecule has 1 aliphatic heterocycles. The number of hydrogen-bond donors (Lipinski definition) is 0. The zero-order valence-corrected chi connectivity index (χ0v) is 8.39. The van der Waals surface area contributed by atoms with Gasteiger partial charge >= 0.3 is 0 Å². The van der Waals surface area contributed by atoms with Gasteiger partial charge < -0.3 is 9.47 Å². The number of nitriles is 1. The molecule has 0 atom stereocenters. The highest BCUT2D eigenvalue weighted by Gasteiger charge is 2.18. The Kier molecular flexibility index (Phi) is 2.68. The van der Waals surface area contributed by atoms with Gasteiger partial charge in [-0.3, -0.25) is 4.79 Å². The molecule has 0 unspecified atom stereocenters. The fourth-order valence-corrected chi connectivity index (χ4v) is 1.76. The molecule has 1 saturated heterocycles. The van der Waals surface area contributed by atoms with Crippen LogP contribution >= 0.6 is 0 Å². The van der Waals surface area contributed by atoms with Crippen LogP contribution in [-0.4, -0.2) is 33.4 Å². The first-order valence-corrected chi connectivity index (χ1v) is 5.00. The summed E-state index contributed by atoms with van der Waals surface area (Å²) in [7, 11) is 0. The van der Waals surface area contributed by atoms with Gasteiger partial charge in [0.1, 0.15) is 12.6 Å². The van der Waals surface area contributed by atoms with Gasteiger partial charge in [-0.1, -0.05) is 0 Å². The number of carbonyl (C=O) groups excluding carboxylic acids is 1. The lowest BCUT2D eigenvalue weighted by molar-refractivity contribution is -0.130. The predicted octanol–water partition coefficient (Wildman–Crippen LogP) is 0.377. The topological polar surface area (TPSA) is 61.9 Å². The van der Waals surface area contributed by atoms with Crippen LogP contribution in [0.15, 0.2) is 12.4 Å². The van der Waals surface area contributed by atoms with Crippen molar-refractivity contribution in [3.8, 4) is 6.07 Å². The lowest BCUT2D eigenvalue weighted by Gasteiger charge is -2.15. The first kappa shape index (κ1) is 9.71. The molecule has 0 spiro atoms. The summed E-state index contributed by atoms with van der Waals surface area (Å²) in [6, 6.07) is 1.95. The van der Waals surface area contributed by atoms with E-state index in [2.05, 4.69) is 4.98 Å². The zero-order chi connectivity index (χ0) is 10.7. The minimum atomic E-state index is 0.0713. The summed E-state index contributed by atoms with van der Waals surface area (Å²) in [6.45, 7) is 1.91. The van der Waals surface area contributed by atoms with E-state index in [1.165, 1.54) is 6.20 Å². The Morgan fingerprint density at radius 2 is 2.27 bits per heavy atom. The van der Waals surface area contributed by atoms with Crippen LogP contribution in [0.25, 0.3) is 0 Å². The number of imidazole rings is 1. The lowest BCUT2D eigenvalue weighted by Crippen LogP contribution is -2.31. The van der Waals surface area contributed by atoms with Gasteiger partial charge in [-0.2, -0.15) is 5.26 Å². The number of amides is 1. The van der Waals surface area contributed by atoms with Crippen LogP contribution in [0.2, 0.25) is 0 Å². The number of rotatable bonds is 2. The van der Waals surface area contributed by atoms with Crippen LogP contribution in [0.1, 0.15) is 18.7 Å². The van der Waals surface area contributed by atoms with Crippen molar-refractivity contribution >= 4 is 5.91 Å². The summed E-state index contributed by atoms with van der Waals surface area (Å²) >= 11 is 0. The SMILES string of the molecule is N#Cc1nccn1CC(=O)N1CCCC1. The minimum absolute atomic E-state index is 0.0713. The van der Waals surface area contributed by atoms with Crippen molar-refractivity contribution in [3.05, 3.63) is 18.2 Å². The van der Waals surface area contributed by atoms with Gasteiger partial charge in [-0.15, -0.1) is 0 Å². The quantitative estimate of drug-likeness (QED) is 0.699. The molecule has 2 rings (SSSR count). The van der Waals surface area contributed by atoms with Gasteiger partial charge in [0.2, 0.25) is 11.7 Å². The summed E-state index contributed by atoms with van der Waals surface area (Å²) in [5.41, 5.74) is 0. The molecule has 78 valence electrons. The van der Waals surface area contributed by atoms with Crippen molar-refractivity contribution in [2.75, 3.05) is 13.1 Å². The molecule has 1 aromatic rings. The van der Waals surface area contributed by atoms with E-state index >= 15 is 0 Å². The molecular weight excluding hydrogens is 192 g/mol. The Morgan fingerprint density at radius 1 is 1.53 bits per heavy atom. The highest BCUT2D eigenvalue weighted by molar-refractivity contribution is 5.76. The van der Waals surface area contributed by atoms with Crippen molar-refractivity contribution < 1.29 is 4.79 Å². The van der Waals surface area contributed by atoms with Crippen LogP contribution in [0, 0.1) is 11.3 Å². The predicted molar refractivity (Wildman–Crippen MR) is 52.8 cm³/mol. The summed E-state index contributed by atoms with van der Waals surface area (Å²) in [6.07, 6.45) is 5.36. The van der Waals surface area contributed by atoms with Crippen molar-refractivity contribution in [1.29, 1.82) is 5.26 Å². The second-order valence-electron chi connectivity index (χ2n) is 3.58. The van der Waals surface area contributed by atoms with Gasteiger partial charge in [-0.25, -0.2) is 4.98 Å². The maximum Gasteiger partial charge on any atom is 0.242 e. The molecule has 1 fully saturated rings. The molecule has 1 aliphatic rings. The molecule has 0 aromatic carbocycles. The Morgan fingerprint density at radius 3 is 2.93 bits per heavy atom. The van der Waals surface area contributed by atoms with E-state index in [1.807, 2.05) is 11.0 Å². The van der Waals surface area contributed by atoms with E-state index in [1.54, 1.807) is 10.8 Å². The highest BCUT2D eigenvalue weighted by Crippen LogP contribution is 2.08. The summed E-state index contributed by atoms with van der Waals surface area (Å²) < 4.78 is 1.58.